The van der Waals surface area contributed by atoms with Crippen molar-refractivity contribution in [2.75, 3.05) is 31.7 Å². The van der Waals surface area contributed by atoms with Gasteiger partial charge in [-0.2, -0.15) is 4.98 Å². The Bertz CT molecular complexity index is 645. The summed E-state index contributed by atoms with van der Waals surface area (Å²) in [5.74, 6) is -1.13. The van der Waals surface area contributed by atoms with Crippen LogP contribution in [0.3, 0.4) is 0 Å². The van der Waals surface area contributed by atoms with Crippen molar-refractivity contribution in [3.8, 4) is 5.88 Å². The second-order valence-electron chi connectivity index (χ2n) is 5.11. The number of hydrogen-bond acceptors (Lipinski definition) is 6. The van der Waals surface area contributed by atoms with Gasteiger partial charge in [-0.25, -0.2) is 13.2 Å². The Hall–Kier alpha value is -1.87. The van der Waals surface area contributed by atoms with Crippen molar-refractivity contribution in [1.29, 1.82) is 0 Å². The number of aromatic nitrogens is 1. The molecule has 0 atom stereocenters. The van der Waals surface area contributed by atoms with Crippen LogP contribution in [0, 0.1) is 0 Å². The molecule has 0 unspecified atom stereocenters. The van der Waals surface area contributed by atoms with Crippen molar-refractivity contribution < 1.29 is 27.8 Å². The lowest BCUT2D eigenvalue weighted by Crippen LogP contribution is -2.33. The number of hydrogen-bond donors (Lipinski definition) is 1. The summed E-state index contributed by atoms with van der Waals surface area (Å²) in [6.45, 7) is 3.85. The second-order valence-corrected chi connectivity index (χ2v) is 7.63. The van der Waals surface area contributed by atoms with Gasteiger partial charge >= 0.3 is 5.97 Å². The van der Waals surface area contributed by atoms with Crippen LogP contribution in [0.15, 0.2) is 12.1 Å². The van der Waals surface area contributed by atoms with Crippen molar-refractivity contribution in [3.63, 3.8) is 0 Å². The van der Waals surface area contributed by atoms with Gasteiger partial charge in [0.1, 0.15) is 5.82 Å². The highest BCUT2D eigenvalue weighted by Crippen LogP contribution is 2.22. The van der Waals surface area contributed by atoms with Crippen LogP contribution in [-0.2, 0) is 14.8 Å². The van der Waals surface area contributed by atoms with Crippen molar-refractivity contribution >= 4 is 21.8 Å². The molecule has 1 aromatic rings. The molecule has 0 radical (unpaired) electrons. The summed E-state index contributed by atoms with van der Waals surface area (Å²) in [6.07, 6.45) is 0.602. The number of carboxylic acid groups (broad SMARTS) is 1. The fourth-order valence-corrected chi connectivity index (χ4v) is 2.66. The fourth-order valence-electron chi connectivity index (χ4n) is 1.68. The van der Waals surface area contributed by atoms with E-state index in [-0.39, 0.29) is 23.9 Å². The Morgan fingerprint density at radius 1 is 1.35 bits per heavy atom. The maximum atomic E-state index is 12.2. The van der Waals surface area contributed by atoms with E-state index in [0.717, 1.165) is 4.31 Å². The Balaban J connectivity index is 3.12. The van der Waals surface area contributed by atoms with Gasteiger partial charge in [0, 0.05) is 33.3 Å². The highest BCUT2D eigenvalue weighted by atomic mass is 32.2. The number of carboxylic acids is 1. The molecule has 0 aliphatic heterocycles. The predicted octanol–water partition coefficient (Wildman–Crippen LogP) is 1.37. The van der Waals surface area contributed by atoms with Gasteiger partial charge in [-0.15, -0.1) is 0 Å². The minimum Gasteiger partial charge on any atom is -0.478 e. The van der Waals surface area contributed by atoms with E-state index < -0.39 is 21.2 Å². The standard InChI is InChI=1S/C14H22N2O6S/c1-10(2)23(19,20)16(3)12-8-11(14(17)18)9-13(15-12)22-7-5-6-21-4/h8-10H,5-7H2,1-4H3,(H,17,18). The van der Waals surface area contributed by atoms with Crippen LogP contribution in [0.5, 0.6) is 5.88 Å². The topological polar surface area (TPSA) is 106 Å². The Kier molecular flexibility index (Phi) is 6.77. The first-order valence-corrected chi connectivity index (χ1v) is 8.55. The summed E-state index contributed by atoms with van der Waals surface area (Å²) in [4.78, 5) is 15.3. The predicted molar refractivity (Wildman–Crippen MR) is 85.6 cm³/mol. The number of sulfonamides is 1. The van der Waals surface area contributed by atoms with E-state index in [2.05, 4.69) is 4.98 Å². The molecule has 130 valence electrons. The SMILES string of the molecule is COCCCOc1cc(C(=O)O)cc(N(C)S(=O)(=O)C(C)C)n1. The lowest BCUT2D eigenvalue weighted by molar-refractivity contribution is 0.0696. The molecule has 0 amide bonds. The molecule has 0 bridgehead atoms. The molecule has 0 saturated carbocycles. The molecule has 0 aliphatic rings. The second kappa shape index (κ2) is 8.11. The van der Waals surface area contributed by atoms with Gasteiger partial charge in [-0.3, -0.25) is 4.31 Å². The Labute approximate surface area is 136 Å². The third-order valence-corrected chi connectivity index (χ3v) is 5.22. The maximum Gasteiger partial charge on any atom is 0.336 e. The Morgan fingerprint density at radius 3 is 2.52 bits per heavy atom. The first-order valence-electron chi connectivity index (χ1n) is 7.05. The van der Waals surface area contributed by atoms with Crippen molar-refractivity contribution in [3.05, 3.63) is 17.7 Å². The molecule has 1 rings (SSSR count). The van der Waals surface area contributed by atoms with E-state index >= 15 is 0 Å². The highest BCUT2D eigenvalue weighted by molar-refractivity contribution is 7.93. The maximum absolute atomic E-state index is 12.2. The minimum absolute atomic E-state index is 0.000316. The van der Waals surface area contributed by atoms with Gasteiger partial charge in [0.05, 0.1) is 17.4 Å². The number of aromatic carboxylic acids is 1. The molecule has 1 N–H and O–H groups in total. The zero-order chi connectivity index (χ0) is 17.6. The average Bonchev–Trinajstić information content (AvgIpc) is 2.50. The normalized spacial score (nSPS) is 11.5. The zero-order valence-corrected chi connectivity index (χ0v) is 14.5. The smallest absolute Gasteiger partial charge is 0.336 e. The van der Waals surface area contributed by atoms with Crippen molar-refractivity contribution in [2.45, 2.75) is 25.5 Å². The molecule has 0 saturated heterocycles. The van der Waals surface area contributed by atoms with Crippen LogP contribution < -0.4 is 9.04 Å². The molecule has 1 aromatic heterocycles. The molecule has 0 spiro atoms. The number of carbonyl (C=O) groups is 1. The minimum atomic E-state index is -3.62. The quantitative estimate of drug-likeness (QED) is 0.673. The number of anilines is 1. The molecule has 0 aliphatic carbocycles. The van der Waals surface area contributed by atoms with Gasteiger partial charge in [0.2, 0.25) is 15.9 Å². The lowest BCUT2D eigenvalue weighted by Gasteiger charge is -2.21. The van der Waals surface area contributed by atoms with Gasteiger partial charge in [0.15, 0.2) is 0 Å². The van der Waals surface area contributed by atoms with E-state index in [4.69, 9.17) is 14.6 Å². The molecule has 23 heavy (non-hydrogen) atoms. The van der Waals surface area contributed by atoms with Gasteiger partial charge in [-0.1, -0.05) is 0 Å². The molecule has 8 nitrogen and oxygen atoms in total. The molecule has 1 heterocycles. The van der Waals surface area contributed by atoms with Crippen LogP contribution in [-0.4, -0.2) is 57.1 Å². The van der Waals surface area contributed by atoms with E-state index in [1.165, 1.54) is 33.0 Å². The van der Waals surface area contributed by atoms with Crippen LogP contribution >= 0.6 is 0 Å². The number of pyridine rings is 1. The number of ether oxygens (including phenoxy) is 2. The van der Waals surface area contributed by atoms with E-state index in [1.54, 1.807) is 7.11 Å². The number of nitrogens with zero attached hydrogens (tertiary/aromatic N) is 2. The first-order chi connectivity index (χ1) is 10.7. The Morgan fingerprint density at radius 2 is 2.00 bits per heavy atom. The molecule has 9 heteroatoms. The largest absolute Gasteiger partial charge is 0.478 e. The van der Waals surface area contributed by atoms with E-state index in [1.807, 2.05) is 0 Å². The van der Waals surface area contributed by atoms with Crippen LogP contribution in [0.4, 0.5) is 5.82 Å². The fraction of sp³-hybridized carbons (Fsp3) is 0.571. The zero-order valence-electron chi connectivity index (χ0n) is 13.6. The van der Waals surface area contributed by atoms with E-state index in [9.17, 15) is 13.2 Å². The third-order valence-electron chi connectivity index (χ3n) is 3.08. The summed E-state index contributed by atoms with van der Waals surface area (Å²) in [5, 5.41) is 8.51. The number of rotatable bonds is 9. The molecule has 0 fully saturated rings. The summed E-state index contributed by atoms with van der Waals surface area (Å²) in [6, 6.07) is 2.46. The molecular formula is C14H22N2O6S. The summed E-state index contributed by atoms with van der Waals surface area (Å²) in [7, 11) is -0.722. The van der Waals surface area contributed by atoms with Gasteiger partial charge in [0.25, 0.3) is 0 Å². The monoisotopic (exact) mass is 346 g/mol. The van der Waals surface area contributed by atoms with Crippen molar-refractivity contribution in [2.24, 2.45) is 0 Å². The first kappa shape index (κ1) is 19.2. The summed E-state index contributed by atoms with van der Waals surface area (Å²) in [5.41, 5.74) is -0.0949. The van der Waals surface area contributed by atoms with Gasteiger partial charge in [-0.05, 0) is 19.9 Å². The summed E-state index contributed by atoms with van der Waals surface area (Å²) >= 11 is 0. The summed E-state index contributed by atoms with van der Waals surface area (Å²) < 4.78 is 35.7. The average molecular weight is 346 g/mol. The van der Waals surface area contributed by atoms with E-state index in [0.29, 0.717) is 13.0 Å². The molecule has 0 aromatic carbocycles. The number of methoxy groups -OCH3 is 1. The lowest BCUT2D eigenvalue weighted by atomic mass is 10.2. The van der Waals surface area contributed by atoms with Crippen LogP contribution in [0.1, 0.15) is 30.6 Å². The highest BCUT2D eigenvalue weighted by Gasteiger charge is 2.25. The van der Waals surface area contributed by atoms with Crippen molar-refractivity contribution in [1.82, 2.24) is 4.98 Å². The van der Waals surface area contributed by atoms with Crippen LogP contribution in [0.2, 0.25) is 0 Å². The third kappa shape index (κ3) is 5.07. The van der Waals surface area contributed by atoms with Gasteiger partial charge < -0.3 is 14.6 Å². The molecular weight excluding hydrogens is 324 g/mol. The van der Waals surface area contributed by atoms with Crippen LogP contribution in [0.25, 0.3) is 0 Å².